The van der Waals surface area contributed by atoms with Gasteiger partial charge in [-0.1, -0.05) is 39.0 Å². The number of carboxylic acids is 1. The van der Waals surface area contributed by atoms with Crippen molar-refractivity contribution in [3.8, 4) is 0 Å². The minimum atomic E-state index is -0.916. The molecule has 13 heavy (non-hydrogen) atoms. The molecule has 3 N–H and O–H groups in total. The molecule has 0 bridgehead atoms. The molecule has 3 heteroatoms. The summed E-state index contributed by atoms with van der Waals surface area (Å²) in [6, 6.07) is 0. The Bertz CT molecular complexity index is 105. The van der Waals surface area contributed by atoms with Gasteiger partial charge in [-0.25, -0.2) is 0 Å². The standard InChI is InChI=1S/C9H18O2.CH5N/c1-2-3-4-5-6-7-8-9(10)11;1-2/h2-8H2,1H3,(H,10,11);2H2,1H3. The molecule has 0 aliphatic rings. The van der Waals surface area contributed by atoms with E-state index in [0.717, 1.165) is 12.8 Å². The van der Waals surface area contributed by atoms with Gasteiger partial charge in [0.1, 0.15) is 0 Å². The zero-order valence-electron chi connectivity index (χ0n) is 8.97. The maximum absolute atomic E-state index is 9.98. The monoisotopic (exact) mass is 189 g/mol. The number of quaternary nitrogens is 1. The van der Waals surface area contributed by atoms with Crippen molar-refractivity contribution < 1.29 is 15.6 Å². The first-order chi connectivity index (χ1) is 6.27. The number of aliphatic carboxylic acids is 1. The quantitative estimate of drug-likeness (QED) is 0.587. The molecular weight excluding hydrogens is 166 g/mol. The Morgan fingerprint density at radius 2 is 1.54 bits per heavy atom. The van der Waals surface area contributed by atoms with Crippen LogP contribution >= 0.6 is 0 Å². The van der Waals surface area contributed by atoms with E-state index < -0.39 is 5.97 Å². The van der Waals surface area contributed by atoms with E-state index in [0.29, 0.717) is 0 Å². The minimum Gasteiger partial charge on any atom is -0.550 e. The van der Waals surface area contributed by atoms with E-state index in [1.165, 1.54) is 25.7 Å². The number of carboxylic acid groups (broad SMARTS) is 1. The average Bonchev–Trinajstić information content (AvgIpc) is 2.14. The lowest BCUT2D eigenvalue weighted by atomic mass is 10.1. The first kappa shape index (κ1) is 14.9. The number of carbonyl (C=O) groups is 1. The highest BCUT2D eigenvalue weighted by Crippen LogP contribution is 2.05. The highest BCUT2D eigenvalue weighted by atomic mass is 16.4. The van der Waals surface area contributed by atoms with E-state index >= 15 is 0 Å². The highest BCUT2D eigenvalue weighted by molar-refractivity contribution is 5.63. The van der Waals surface area contributed by atoms with Gasteiger partial charge < -0.3 is 15.6 Å². The second kappa shape index (κ2) is 14.0. The molecule has 0 rings (SSSR count). The normalized spacial score (nSPS) is 8.85. The van der Waals surface area contributed by atoms with Crippen molar-refractivity contribution in [1.29, 1.82) is 0 Å². The summed E-state index contributed by atoms with van der Waals surface area (Å²) in [5, 5.41) is 9.98. The molecule has 0 saturated carbocycles. The predicted molar refractivity (Wildman–Crippen MR) is 51.8 cm³/mol. The fourth-order valence-electron chi connectivity index (χ4n) is 1.05. The Balaban J connectivity index is 0. The molecule has 0 radical (unpaired) electrons. The van der Waals surface area contributed by atoms with Gasteiger partial charge in [0.15, 0.2) is 0 Å². The Morgan fingerprint density at radius 1 is 1.08 bits per heavy atom. The molecule has 0 aliphatic carbocycles. The topological polar surface area (TPSA) is 67.8 Å². The summed E-state index contributed by atoms with van der Waals surface area (Å²) in [6.07, 6.45) is 6.96. The maximum Gasteiger partial charge on any atom is 0.0634 e. The lowest BCUT2D eigenvalue weighted by Crippen LogP contribution is -2.40. The summed E-state index contributed by atoms with van der Waals surface area (Å²) in [5.74, 6) is -0.916. The molecule has 80 valence electrons. The number of rotatable bonds is 7. The van der Waals surface area contributed by atoms with Crippen LogP contribution in [0.4, 0.5) is 0 Å². The molecule has 0 heterocycles. The van der Waals surface area contributed by atoms with Crippen LogP contribution < -0.4 is 10.8 Å². The largest absolute Gasteiger partial charge is 0.550 e. The van der Waals surface area contributed by atoms with Crippen LogP contribution in [0.1, 0.15) is 51.9 Å². The van der Waals surface area contributed by atoms with Crippen molar-refractivity contribution in [2.24, 2.45) is 0 Å². The summed E-state index contributed by atoms with van der Waals surface area (Å²) >= 11 is 0. The van der Waals surface area contributed by atoms with Crippen LogP contribution in [0.3, 0.4) is 0 Å². The summed E-state index contributed by atoms with van der Waals surface area (Å²) in [4.78, 5) is 9.98. The molecule has 0 aromatic rings. The summed E-state index contributed by atoms with van der Waals surface area (Å²) in [7, 11) is 1.75. The lowest BCUT2D eigenvalue weighted by molar-refractivity contribution is -0.325. The summed E-state index contributed by atoms with van der Waals surface area (Å²) in [6.45, 7) is 2.17. The van der Waals surface area contributed by atoms with Gasteiger partial charge in [-0.3, -0.25) is 0 Å². The van der Waals surface area contributed by atoms with Crippen LogP contribution in [0.5, 0.6) is 0 Å². The van der Waals surface area contributed by atoms with Crippen molar-refractivity contribution in [2.75, 3.05) is 7.05 Å². The van der Waals surface area contributed by atoms with Gasteiger partial charge in [-0.15, -0.1) is 0 Å². The van der Waals surface area contributed by atoms with E-state index in [1.807, 2.05) is 0 Å². The van der Waals surface area contributed by atoms with E-state index in [4.69, 9.17) is 0 Å². The van der Waals surface area contributed by atoms with Crippen LogP contribution in [0.25, 0.3) is 0 Å². The van der Waals surface area contributed by atoms with Gasteiger partial charge in [0.05, 0.1) is 7.05 Å². The van der Waals surface area contributed by atoms with Crippen LogP contribution in [0.15, 0.2) is 0 Å². The molecule has 0 fully saturated rings. The van der Waals surface area contributed by atoms with Gasteiger partial charge in [-0.05, 0) is 12.8 Å². The first-order valence-electron chi connectivity index (χ1n) is 5.18. The van der Waals surface area contributed by atoms with Gasteiger partial charge in [0, 0.05) is 5.97 Å². The minimum absolute atomic E-state index is 0.228. The summed E-state index contributed by atoms with van der Waals surface area (Å²) in [5.41, 5.74) is 3.25. The zero-order chi connectivity index (χ0) is 10.5. The van der Waals surface area contributed by atoms with E-state index in [-0.39, 0.29) is 6.42 Å². The zero-order valence-corrected chi connectivity index (χ0v) is 8.97. The van der Waals surface area contributed by atoms with Crippen LogP contribution in [-0.2, 0) is 4.79 Å². The van der Waals surface area contributed by atoms with Crippen LogP contribution in [0.2, 0.25) is 0 Å². The van der Waals surface area contributed by atoms with Gasteiger partial charge in [0.2, 0.25) is 0 Å². The van der Waals surface area contributed by atoms with Crippen molar-refractivity contribution in [3.05, 3.63) is 0 Å². The Morgan fingerprint density at radius 3 is 2.00 bits per heavy atom. The van der Waals surface area contributed by atoms with Crippen molar-refractivity contribution in [1.82, 2.24) is 0 Å². The van der Waals surface area contributed by atoms with Crippen molar-refractivity contribution >= 4 is 5.97 Å². The fourth-order valence-corrected chi connectivity index (χ4v) is 1.05. The lowest BCUT2D eigenvalue weighted by Gasteiger charge is -2.00. The molecule has 0 saturated heterocycles. The first-order valence-corrected chi connectivity index (χ1v) is 5.18. The number of hydrogen-bond acceptors (Lipinski definition) is 2. The molecule has 3 nitrogen and oxygen atoms in total. The Kier molecular flexibility index (Phi) is 16.1. The van der Waals surface area contributed by atoms with Gasteiger partial charge in [0.25, 0.3) is 0 Å². The average molecular weight is 189 g/mol. The Hall–Kier alpha value is -0.570. The van der Waals surface area contributed by atoms with Crippen molar-refractivity contribution in [3.63, 3.8) is 0 Å². The van der Waals surface area contributed by atoms with E-state index in [9.17, 15) is 9.90 Å². The molecule has 0 aromatic carbocycles. The van der Waals surface area contributed by atoms with E-state index in [1.54, 1.807) is 7.05 Å². The third kappa shape index (κ3) is 18.4. The molecule has 0 aromatic heterocycles. The fraction of sp³-hybridized carbons (Fsp3) is 0.900. The molecule has 0 unspecified atom stereocenters. The molecule has 0 aliphatic heterocycles. The summed E-state index contributed by atoms with van der Waals surface area (Å²) < 4.78 is 0. The smallest absolute Gasteiger partial charge is 0.0634 e. The second-order valence-electron chi connectivity index (χ2n) is 2.89. The van der Waals surface area contributed by atoms with Crippen LogP contribution in [-0.4, -0.2) is 13.0 Å². The predicted octanol–water partition coefficient (Wildman–Crippen LogP) is 0.345. The second-order valence-corrected chi connectivity index (χ2v) is 2.89. The maximum atomic E-state index is 9.98. The Labute approximate surface area is 81.3 Å². The molecular formula is C10H23NO2. The molecule has 0 spiro atoms. The van der Waals surface area contributed by atoms with E-state index in [2.05, 4.69) is 12.7 Å². The number of carbonyl (C=O) groups excluding carboxylic acids is 1. The highest BCUT2D eigenvalue weighted by Gasteiger charge is 1.89. The third-order valence-electron chi connectivity index (χ3n) is 1.73. The van der Waals surface area contributed by atoms with Gasteiger partial charge in [-0.2, -0.15) is 0 Å². The van der Waals surface area contributed by atoms with Gasteiger partial charge >= 0.3 is 0 Å². The SMILES string of the molecule is CCCCCCCCC(=O)[O-].C[NH3+]. The van der Waals surface area contributed by atoms with Crippen LogP contribution in [0, 0.1) is 0 Å². The van der Waals surface area contributed by atoms with Crippen molar-refractivity contribution in [2.45, 2.75) is 51.9 Å². The number of unbranched alkanes of at least 4 members (excludes halogenated alkanes) is 5. The molecule has 0 amide bonds. The number of hydrogen-bond donors (Lipinski definition) is 1. The third-order valence-corrected chi connectivity index (χ3v) is 1.73. The molecule has 0 atom stereocenters.